The maximum absolute atomic E-state index is 12.0. The van der Waals surface area contributed by atoms with Crippen LogP contribution >= 0.6 is 15.9 Å². The monoisotopic (exact) mass is 375 g/mol. The zero-order chi connectivity index (χ0) is 16.3. The lowest BCUT2D eigenvalue weighted by Crippen LogP contribution is -2.60. The summed E-state index contributed by atoms with van der Waals surface area (Å²) in [5, 5.41) is 40.9. The summed E-state index contributed by atoms with van der Waals surface area (Å²) in [6.07, 6.45) is -6.11. The summed E-state index contributed by atoms with van der Waals surface area (Å²) >= 11 is 3.27. The van der Waals surface area contributed by atoms with Crippen molar-refractivity contribution >= 4 is 21.8 Å². The van der Waals surface area contributed by atoms with Crippen LogP contribution in [0.5, 0.6) is 0 Å². The Kier molecular flexibility index (Phi) is 5.90. The molecule has 0 bridgehead atoms. The Hall–Kier alpha value is -1.03. The van der Waals surface area contributed by atoms with E-state index in [2.05, 4.69) is 21.2 Å². The van der Waals surface area contributed by atoms with Crippen molar-refractivity contribution in [1.29, 1.82) is 0 Å². The van der Waals surface area contributed by atoms with Crippen LogP contribution in [0.2, 0.25) is 0 Å². The number of benzene rings is 1. The van der Waals surface area contributed by atoms with E-state index in [-0.39, 0.29) is 12.5 Å². The third kappa shape index (κ3) is 3.83. The standard InChI is InChI=1S/C14H18BrNO6/c15-8-3-1-7(2-4-8)14(21)16-5-9-11(18)13(20)12(19)10(6-17)22-9/h1-4,9-13,17-20H,5-6H2,(H,16,21)/t9?,10-,11-,12+,13+/m0/s1. The molecule has 0 spiro atoms. The Labute approximate surface area is 135 Å². The van der Waals surface area contributed by atoms with Gasteiger partial charge in [-0.05, 0) is 24.3 Å². The molecule has 1 aliphatic heterocycles. The van der Waals surface area contributed by atoms with Crippen LogP contribution in [0.3, 0.4) is 0 Å². The minimum atomic E-state index is -1.44. The lowest BCUT2D eigenvalue weighted by molar-refractivity contribution is -0.227. The lowest BCUT2D eigenvalue weighted by atomic mass is 9.95. The van der Waals surface area contributed by atoms with E-state index in [1.807, 2.05) is 0 Å². The van der Waals surface area contributed by atoms with Crippen LogP contribution in [0.4, 0.5) is 0 Å². The number of aliphatic hydroxyl groups is 4. The molecule has 1 aromatic carbocycles. The van der Waals surface area contributed by atoms with Gasteiger partial charge in [-0.3, -0.25) is 4.79 Å². The minimum Gasteiger partial charge on any atom is -0.394 e. The van der Waals surface area contributed by atoms with Crippen LogP contribution in [-0.2, 0) is 4.74 Å². The van der Waals surface area contributed by atoms with Crippen LogP contribution in [0, 0.1) is 0 Å². The molecule has 1 aromatic rings. The van der Waals surface area contributed by atoms with E-state index in [0.717, 1.165) is 4.47 Å². The molecular weight excluding hydrogens is 358 g/mol. The van der Waals surface area contributed by atoms with Gasteiger partial charge in [0.1, 0.15) is 30.5 Å². The van der Waals surface area contributed by atoms with Crippen LogP contribution in [-0.4, -0.2) is 70.0 Å². The molecule has 1 saturated heterocycles. The summed E-state index contributed by atoms with van der Waals surface area (Å²) in [6.45, 7) is -0.557. The van der Waals surface area contributed by atoms with E-state index < -0.39 is 37.1 Å². The first-order chi connectivity index (χ1) is 10.4. The van der Waals surface area contributed by atoms with Gasteiger partial charge in [-0.2, -0.15) is 0 Å². The third-order valence-corrected chi connectivity index (χ3v) is 4.09. The number of nitrogens with one attached hydrogen (secondary N) is 1. The molecule has 0 aromatic heterocycles. The zero-order valence-corrected chi connectivity index (χ0v) is 13.2. The smallest absolute Gasteiger partial charge is 0.251 e. The molecule has 1 unspecified atom stereocenters. The third-order valence-electron chi connectivity index (χ3n) is 3.56. The van der Waals surface area contributed by atoms with Crippen LogP contribution < -0.4 is 5.32 Å². The Morgan fingerprint density at radius 3 is 2.27 bits per heavy atom. The number of ether oxygens (including phenoxy) is 1. The fourth-order valence-electron chi connectivity index (χ4n) is 2.24. The SMILES string of the molecule is O=C(NCC1O[C@@H](CO)[C@@H](O)[C@H](O)[C@H]1O)c1ccc(Br)cc1. The molecule has 0 aliphatic carbocycles. The highest BCUT2D eigenvalue weighted by Crippen LogP contribution is 2.20. The molecule has 8 heteroatoms. The number of carbonyl (C=O) groups excluding carboxylic acids is 1. The van der Waals surface area contributed by atoms with Gasteiger partial charge in [-0.15, -0.1) is 0 Å². The van der Waals surface area contributed by atoms with Crippen molar-refractivity contribution in [3.8, 4) is 0 Å². The average Bonchev–Trinajstić information content (AvgIpc) is 2.52. The first kappa shape index (κ1) is 17.3. The molecule has 122 valence electrons. The molecule has 1 heterocycles. The maximum atomic E-state index is 12.0. The van der Waals surface area contributed by atoms with E-state index >= 15 is 0 Å². The molecule has 0 radical (unpaired) electrons. The van der Waals surface area contributed by atoms with Crippen LogP contribution in [0.15, 0.2) is 28.7 Å². The van der Waals surface area contributed by atoms with Gasteiger partial charge in [0.2, 0.25) is 0 Å². The first-order valence-electron chi connectivity index (χ1n) is 6.78. The fourth-order valence-corrected chi connectivity index (χ4v) is 2.51. The Morgan fingerprint density at radius 1 is 1.09 bits per heavy atom. The molecule has 2 rings (SSSR count). The highest BCUT2D eigenvalue weighted by atomic mass is 79.9. The van der Waals surface area contributed by atoms with Gasteiger partial charge in [0.15, 0.2) is 0 Å². The van der Waals surface area contributed by atoms with Crippen LogP contribution in [0.1, 0.15) is 10.4 Å². The highest BCUT2D eigenvalue weighted by molar-refractivity contribution is 9.10. The van der Waals surface area contributed by atoms with Gasteiger partial charge in [-0.1, -0.05) is 15.9 Å². The second-order valence-corrected chi connectivity index (χ2v) is 6.00. The van der Waals surface area contributed by atoms with Crippen molar-refractivity contribution in [2.24, 2.45) is 0 Å². The highest BCUT2D eigenvalue weighted by Gasteiger charge is 2.43. The summed E-state index contributed by atoms with van der Waals surface area (Å²) in [4.78, 5) is 12.0. The van der Waals surface area contributed by atoms with Crippen molar-refractivity contribution in [3.05, 3.63) is 34.3 Å². The van der Waals surface area contributed by atoms with Gasteiger partial charge in [0.05, 0.1) is 6.61 Å². The number of carbonyl (C=O) groups is 1. The minimum absolute atomic E-state index is 0.0592. The first-order valence-corrected chi connectivity index (χ1v) is 7.57. The molecular formula is C14H18BrNO6. The van der Waals surface area contributed by atoms with Crippen LogP contribution in [0.25, 0.3) is 0 Å². The van der Waals surface area contributed by atoms with Gasteiger partial charge in [0, 0.05) is 16.6 Å². The van der Waals surface area contributed by atoms with Gasteiger partial charge < -0.3 is 30.5 Å². The number of rotatable bonds is 4. The van der Waals surface area contributed by atoms with Crippen molar-refractivity contribution in [1.82, 2.24) is 5.32 Å². The molecule has 7 nitrogen and oxygen atoms in total. The number of hydrogen-bond acceptors (Lipinski definition) is 6. The Morgan fingerprint density at radius 2 is 1.68 bits per heavy atom. The molecule has 1 aliphatic rings. The summed E-state index contributed by atoms with van der Waals surface area (Å²) in [5.74, 6) is -0.357. The lowest BCUT2D eigenvalue weighted by Gasteiger charge is -2.40. The van der Waals surface area contributed by atoms with Gasteiger partial charge in [-0.25, -0.2) is 0 Å². The molecule has 0 saturated carbocycles. The van der Waals surface area contributed by atoms with E-state index in [1.165, 1.54) is 0 Å². The largest absolute Gasteiger partial charge is 0.394 e. The van der Waals surface area contributed by atoms with E-state index in [9.17, 15) is 20.1 Å². The number of hydrogen-bond donors (Lipinski definition) is 5. The summed E-state index contributed by atoms with van der Waals surface area (Å²) in [5.41, 5.74) is 0.438. The number of aliphatic hydroxyl groups excluding tert-OH is 4. The van der Waals surface area contributed by atoms with Gasteiger partial charge in [0.25, 0.3) is 5.91 Å². The van der Waals surface area contributed by atoms with E-state index in [4.69, 9.17) is 9.84 Å². The molecule has 22 heavy (non-hydrogen) atoms. The van der Waals surface area contributed by atoms with Crippen molar-refractivity contribution in [2.75, 3.05) is 13.2 Å². The van der Waals surface area contributed by atoms with Crippen molar-refractivity contribution in [3.63, 3.8) is 0 Å². The quantitative estimate of drug-likeness (QED) is 0.461. The fraction of sp³-hybridized carbons (Fsp3) is 0.500. The topological polar surface area (TPSA) is 119 Å². The molecule has 5 N–H and O–H groups in total. The average molecular weight is 376 g/mol. The number of amides is 1. The van der Waals surface area contributed by atoms with E-state index in [0.29, 0.717) is 5.56 Å². The Balaban J connectivity index is 1.95. The normalized spacial score (nSPS) is 31.8. The molecule has 1 amide bonds. The van der Waals surface area contributed by atoms with E-state index in [1.54, 1.807) is 24.3 Å². The molecule has 1 fully saturated rings. The second kappa shape index (κ2) is 7.49. The predicted octanol–water partition coefficient (Wildman–Crippen LogP) is -0.979. The molecule has 5 atom stereocenters. The maximum Gasteiger partial charge on any atom is 0.251 e. The van der Waals surface area contributed by atoms with Crippen molar-refractivity contribution < 1.29 is 30.0 Å². The van der Waals surface area contributed by atoms with Gasteiger partial charge >= 0.3 is 0 Å². The summed E-state index contributed by atoms with van der Waals surface area (Å²) < 4.78 is 6.15. The second-order valence-electron chi connectivity index (χ2n) is 5.08. The summed E-state index contributed by atoms with van der Waals surface area (Å²) in [7, 11) is 0. The number of halogens is 1. The predicted molar refractivity (Wildman–Crippen MR) is 80.2 cm³/mol. The van der Waals surface area contributed by atoms with Crippen molar-refractivity contribution in [2.45, 2.75) is 30.5 Å². The summed E-state index contributed by atoms with van der Waals surface area (Å²) in [6, 6.07) is 6.71. The Bertz CT molecular complexity index is 509. The zero-order valence-electron chi connectivity index (χ0n) is 11.6.